The fourth-order valence-electron chi connectivity index (χ4n) is 1.99. The number of aromatic nitrogens is 3. The topological polar surface area (TPSA) is 92.8 Å². The lowest BCUT2D eigenvalue weighted by Gasteiger charge is -2.08. The smallest absolute Gasteiger partial charge is 0.134 e. The van der Waals surface area contributed by atoms with Gasteiger partial charge in [0.1, 0.15) is 23.1 Å². The Bertz CT molecular complexity index is 658. The highest BCUT2D eigenvalue weighted by Gasteiger charge is 2.19. The van der Waals surface area contributed by atoms with Crippen LogP contribution in [0, 0.1) is 6.92 Å². The molecule has 0 radical (unpaired) electrons. The van der Waals surface area contributed by atoms with Gasteiger partial charge in [-0.2, -0.15) is 15.4 Å². The zero-order chi connectivity index (χ0) is 12.5. The van der Waals surface area contributed by atoms with E-state index in [-0.39, 0.29) is 6.04 Å². The molecule has 3 aromatic rings. The Hall–Kier alpha value is -2.18. The molecule has 18 heavy (non-hydrogen) atoms. The number of nitrogens with zero attached hydrogens (tertiary/aromatic N) is 2. The number of aromatic amines is 1. The van der Waals surface area contributed by atoms with Crippen LogP contribution in [0.15, 0.2) is 34.9 Å². The quantitative estimate of drug-likeness (QED) is 0.478. The normalized spacial score (nSPS) is 13.0. The second kappa shape index (κ2) is 4.25. The van der Waals surface area contributed by atoms with Crippen molar-refractivity contribution in [1.82, 2.24) is 20.8 Å². The third kappa shape index (κ3) is 1.77. The Balaban J connectivity index is 2.07. The van der Waals surface area contributed by atoms with Crippen molar-refractivity contribution in [2.45, 2.75) is 13.0 Å². The van der Waals surface area contributed by atoms with E-state index < -0.39 is 0 Å². The molecule has 2 heterocycles. The van der Waals surface area contributed by atoms with Gasteiger partial charge in [0.2, 0.25) is 0 Å². The number of fused-ring (bicyclic) bond motifs is 1. The maximum atomic E-state index is 5.78. The summed E-state index contributed by atoms with van der Waals surface area (Å²) in [6.45, 7) is 2.04. The average molecular weight is 243 g/mol. The van der Waals surface area contributed by atoms with Gasteiger partial charge in [-0.05, 0) is 25.1 Å². The second-order valence-electron chi connectivity index (χ2n) is 4.18. The van der Waals surface area contributed by atoms with Crippen LogP contribution in [0.2, 0.25) is 0 Å². The van der Waals surface area contributed by atoms with Gasteiger partial charge in [-0.1, -0.05) is 11.6 Å². The van der Waals surface area contributed by atoms with Gasteiger partial charge in [0.25, 0.3) is 0 Å². The van der Waals surface area contributed by atoms with Gasteiger partial charge >= 0.3 is 0 Å². The fraction of sp³-hybridized carbons (Fsp3) is 0.167. The first-order valence-corrected chi connectivity index (χ1v) is 5.60. The van der Waals surface area contributed by atoms with E-state index in [1.54, 1.807) is 6.20 Å². The minimum atomic E-state index is -0.309. The predicted molar refractivity (Wildman–Crippen MR) is 66.5 cm³/mol. The molecular formula is C12H13N5O. The van der Waals surface area contributed by atoms with Crippen LogP contribution < -0.4 is 11.3 Å². The molecule has 0 aliphatic carbocycles. The van der Waals surface area contributed by atoms with Crippen molar-refractivity contribution in [2.75, 3.05) is 0 Å². The highest BCUT2D eigenvalue weighted by molar-refractivity contribution is 5.78. The maximum absolute atomic E-state index is 5.78. The van der Waals surface area contributed by atoms with Crippen LogP contribution in [-0.4, -0.2) is 15.4 Å². The van der Waals surface area contributed by atoms with Gasteiger partial charge in [0.15, 0.2) is 0 Å². The zero-order valence-corrected chi connectivity index (χ0v) is 9.84. The molecule has 3 rings (SSSR count). The zero-order valence-electron chi connectivity index (χ0n) is 9.84. The minimum Gasteiger partial charge on any atom is -0.459 e. The molecule has 0 saturated heterocycles. The van der Waals surface area contributed by atoms with Crippen LogP contribution in [0.3, 0.4) is 0 Å². The van der Waals surface area contributed by atoms with Crippen molar-refractivity contribution < 1.29 is 4.42 Å². The summed E-state index contributed by atoms with van der Waals surface area (Å²) >= 11 is 0. The Kier molecular flexibility index (Phi) is 2.58. The lowest BCUT2D eigenvalue weighted by Crippen LogP contribution is -2.28. The van der Waals surface area contributed by atoms with Crippen molar-refractivity contribution in [1.29, 1.82) is 0 Å². The van der Waals surface area contributed by atoms with Gasteiger partial charge in [0, 0.05) is 5.39 Å². The molecule has 6 nitrogen and oxygen atoms in total. The Morgan fingerprint density at radius 3 is 3.00 bits per heavy atom. The lowest BCUT2D eigenvalue weighted by molar-refractivity contribution is 0.471. The molecule has 1 atom stereocenters. The number of rotatable bonds is 3. The van der Waals surface area contributed by atoms with Crippen molar-refractivity contribution in [3.05, 3.63) is 47.5 Å². The van der Waals surface area contributed by atoms with Crippen LogP contribution in [0.25, 0.3) is 11.0 Å². The third-order valence-electron chi connectivity index (χ3n) is 2.87. The number of hydrazine groups is 1. The van der Waals surface area contributed by atoms with Gasteiger partial charge in [0.05, 0.1) is 6.20 Å². The number of hydrogen-bond donors (Lipinski definition) is 3. The number of nitrogens with two attached hydrogens (primary N) is 1. The molecular weight excluding hydrogens is 230 g/mol. The van der Waals surface area contributed by atoms with Crippen molar-refractivity contribution >= 4 is 11.0 Å². The molecule has 6 heteroatoms. The minimum absolute atomic E-state index is 0.309. The number of benzene rings is 1. The van der Waals surface area contributed by atoms with Crippen LogP contribution in [0.5, 0.6) is 0 Å². The second-order valence-corrected chi connectivity index (χ2v) is 4.18. The van der Waals surface area contributed by atoms with Crippen molar-refractivity contribution in [3.8, 4) is 0 Å². The molecule has 1 aromatic carbocycles. The standard InChI is InChI=1S/C12H13N5O/c1-7-2-3-10-8(4-7)5-11(18-10)12(15-13)9-6-14-17-16-9/h2-6,12,15H,13H2,1H3,(H,14,16,17). The van der Waals surface area contributed by atoms with Gasteiger partial charge in [-0.25, -0.2) is 5.43 Å². The van der Waals surface area contributed by atoms with Crippen LogP contribution in [0.4, 0.5) is 0 Å². The van der Waals surface area contributed by atoms with E-state index in [9.17, 15) is 0 Å². The number of furan rings is 1. The van der Waals surface area contributed by atoms with E-state index in [4.69, 9.17) is 10.3 Å². The third-order valence-corrected chi connectivity index (χ3v) is 2.87. The molecule has 0 amide bonds. The SMILES string of the molecule is Cc1ccc2oc(C(NN)c3cn[nH]n3)cc2c1. The van der Waals surface area contributed by atoms with Gasteiger partial charge < -0.3 is 4.42 Å². The molecule has 0 aliphatic heterocycles. The van der Waals surface area contributed by atoms with Gasteiger partial charge in [-0.15, -0.1) is 0 Å². The fourth-order valence-corrected chi connectivity index (χ4v) is 1.99. The molecule has 92 valence electrons. The van der Waals surface area contributed by atoms with E-state index in [0.717, 1.165) is 11.0 Å². The Labute approximate surface area is 103 Å². The predicted octanol–water partition coefficient (Wildman–Crippen LogP) is 1.41. The molecule has 2 aromatic heterocycles. The molecule has 0 fully saturated rings. The molecule has 0 spiro atoms. The first kappa shape index (κ1) is 10.9. The van der Waals surface area contributed by atoms with Crippen molar-refractivity contribution in [3.63, 3.8) is 0 Å². The van der Waals surface area contributed by atoms with Crippen LogP contribution >= 0.6 is 0 Å². The van der Waals surface area contributed by atoms with E-state index in [2.05, 4.69) is 26.9 Å². The van der Waals surface area contributed by atoms with E-state index in [1.165, 1.54) is 5.56 Å². The molecule has 0 aliphatic rings. The summed E-state index contributed by atoms with van der Waals surface area (Å²) in [7, 11) is 0. The first-order chi connectivity index (χ1) is 8.78. The number of H-pyrrole nitrogens is 1. The highest BCUT2D eigenvalue weighted by Crippen LogP contribution is 2.27. The summed E-state index contributed by atoms with van der Waals surface area (Å²) in [4.78, 5) is 0. The van der Waals surface area contributed by atoms with Gasteiger partial charge in [-0.3, -0.25) is 5.84 Å². The Morgan fingerprint density at radius 1 is 1.39 bits per heavy atom. The van der Waals surface area contributed by atoms with Crippen LogP contribution in [-0.2, 0) is 0 Å². The van der Waals surface area contributed by atoms with E-state index in [0.29, 0.717) is 11.5 Å². The summed E-state index contributed by atoms with van der Waals surface area (Å²) in [5.74, 6) is 6.27. The summed E-state index contributed by atoms with van der Waals surface area (Å²) < 4.78 is 5.78. The number of aryl methyl sites for hydroxylation is 1. The molecule has 1 unspecified atom stereocenters. The number of hydrogen-bond acceptors (Lipinski definition) is 5. The monoisotopic (exact) mass is 243 g/mol. The van der Waals surface area contributed by atoms with Crippen molar-refractivity contribution in [2.24, 2.45) is 5.84 Å². The largest absolute Gasteiger partial charge is 0.459 e. The van der Waals surface area contributed by atoms with E-state index >= 15 is 0 Å². The summed E-state index contributed by atoms with van der Waals surface area (Å²) in [5, 5.41) is 11.4. The van der Waals surface area contributed by atoms with Crippen LogP contribution in [0.1, 0.15) is 23.1 Å². The average Bonchev–Trinajstić information content (AvgIpc) is 2.98. The molecule has 0 saturated carbocycles. The summed E-state index contributed by atoms with van der Waals surface area (Å²) in [6.07, 6.45) is 1.61. The lowest BCUT2D eigenvalue weighted by atomic mass is 10.1. The summed E-state index contributed by atoms with van der Waals surface area (Å²) in [5.41, 5.74) is 5.39. The maximum Gasteiger partial charge on any atom is 0.134 e. The molecule has 0 bridgehead atoms. The highest BCUT2D eigenvalue weighted by atomic mass is 16.3. The first-order valence-electron chi connectivity index (χ1n) is 5.60. The summed E-state index contributed by atoms with van der Waals surface area (Å²) in [6, 6.07) is 7.68. The Morgan fingerprint density at radius 2 is 2.28 bits per heavy atom. The van der Waals surface area contributed by atoms with E-state index in [1.807, 2.05) is 25.1 Å². The molecule has 4 N–H and O–H groups in total. The number of nitrogens with one attached hydrogen (secondary N) is 2.